The van der Waals surface area contributed by atoms with Crippen LogP contribution in [0.2, 0.25) is 0 Å². The molecule has 0 spiro atoms. The predicted octanol–water partition coefficient (Wildman–Crippen LogP) is 2.75. The van der Waals surface area contributed by atoms with Crippen molar-refractivity contribution in [3.8, 4) is 5.75 Å². The summed E-state index contributed by atoms with van der Waals surface area (Å²) in [4.78, 5) is 12.7. The summed E-state index contributed by atoms with van der Waals surface area (Å²) >= 11 is 3.43. The van der Waals surface area contributed by atoms with Crippen LogP contribution < -0.4 is 4.74 Å². The van der Waals surface area contributed by atoms with Crippen molar-refractivity contribution in [2.24, 2.45) is 0 Å². The van der Waals surface area contributed by atoms with Crippen LogP contribution in [-0.2, 0) is 11.3 Å². The van der Waals surface area contributed by atoms with Gasteiger partial charge in [0.05, 0.1) is 18.1 Å². The van der Waals surface area contributed by atoms with E-state index in [4.69, 9.17) is 9.84 Å². The Morgan fingerprint density at radius 1 is 1.50 bits per heavy atom. The zero-order chi connectivity index (χ0) is 13.5. The minimum absolute atomic E-state index is 0.0451. The van der Waals surface area contributed by atoms with E-state index in [1.807, 2.05) is 30.0 Å². The van der Waals surface area contributed by atoms with Crippen LogP contribution in [0.15, 0.2) is 22.7 Å². The molecule has 0 atom stereocenters. The number of hydrogen-bond acceptors (Lipinski definition) is 3. The van der Waals surface area contributed by atoms with Crippen molar-refractivity contribution in [3.63, 3.8) is 0 Å². The van der Waals surface area contributed by atoms with Crippen molar-refractivity contribution < 1.29 is 14.6 Å². The van der Waals surface area contributed by atoms with E-state index >= 15 is 0 Å². The molecule has 0 aromatic heterocycles. The van der Waals surface area contributed by atoms with Crippen LogP contribution in [-0.4, -0.2) is 36.2 Å². The second-order valence-electron chi connectivity index (χ2n) is 4.04. The molecule has 0 fully saturated rings. The molecule has 18 heavy (non-hydrogen) atoms. The van der Waals surface area contributed by atoms with Gasteiger partial charge in [-0.15, -0.1) is 0 Å². The first kappa shape index (κ1) is 15.0. The molecule has 0 saturated heterocycles. The Kier molecular flexibility index (Phi) is 6.15. The third-order valence-corrected chi connectivity index (χ3v) is 3.17. The van der Waals surface area contributed by atoms with Crippen LogP contribution in [0.4, 0.5) is 0 Å². The molecule has 0 amide bonds. The second kappa shape index (κ2) is 7.38. The molecule has 0 bridgehead atoms. The minimum atomic E-state index is -0.808. The van der Waals surface area contributed by atoms with E-state index < -0.39 is 5.97 Å². The number of hydrogen-bond donors (Lipinski definition) is 1. The van der Waals surface area contributed by atoms with E-state index in [1.165, 1.54) is 0 Å². The molecule has 5 heteroatoms. The Balaban J connectivity index is 2.85. The van der Waals surface area contributed by atoms with Crippen LogP contribution in [0.1, 0.15) is 18.9 Å². The van der Waals surface area contributed by atoms with E-state index in [9.17, 15) is 4.79 Å². The highest BCUT2D eigenvalue weighted by atomic mass is 79.9. The van der Waals surface area contributed by atoms with E-state index in [0.717, 1.165) is 28.8 Å². The number of aliphatic carboxylic acids is 1. The molecule has 0 aliphatic rings. The van der Waals surface area contributed by atoms with Crippen LogP contribution >= 0.6 is 15.9 Å². The Hall–Kier alpha value is -1.07. The summed E-state index contributed by atoms with van der Waals surface area (Å²) in [6, 6.07) is 5.78. The lowest BCUT2D eigenvalue weighted by Gasteiger charge is -2.21. The lowest BCUT2D eigenvalue weighted by Crippen LogP contribution is -2.30. The smallest absolute Gasteiger partial charge is 0.317 e. The molecule has 0 aliphatic carbocycles. The molecule has 4 nitrogen and oxygen atoms in total. The summed E-state index contributed by atoms with van der Waals surface area (Å²) in [5.41, 5.74) is 0.988. The molecule has 0 heterocycles. The Morgan fingerprint density at radius 3 is 2.78 bits per heavy atom. The molecule has 0 saturated carbocycles. The topological polar surface area (TPSA) is 49.8 Å². The lowest BCUT2D eigenvalue weighted by molar-refractivity contribution is -0.138. The monoisotopic (exact) mass is 315 g/mol. The minimum Gasteiger partial charge on any atom is -0.495 e. The third-order valence-electron chi connectivity index (χ3n) is 2.55. The zero-order valence-corrected chi connectivity index (χ0v) is 12.2. The number of halogens is 1. The van der Waals surface area contributed by atoms with Crippen molar-refractivity contribution in [2.75, 3.05) is 20.2 Å². The summed E-state index contributed by atoms with van der Waals surface area (Å²) < 4.78 is 6.22. The fourth-order valence-electron chi connectivity index (χ4n) is 1.87. The van der Waals surface area contributed by atoms with Crippen molar-refractivity contribution in [2.45, 2.75) is 19.9 Å². The summed E-state index contributed by atoms with van der Waals surface area (Å²) in [6.45, 7) is 3.40. The van der Waals surface area contributed by atoms with Gasteiger partial charge in [-0.2, -0.15) is 0 Å². The highest BCUT2D eigenvalue weighted by Gasteiger charge is 2.13. The molecule has 1 N–H and O–H groups in total. The molecular formula is C13H18BrNO3. The van der Waals surface area contributed by atoms with Crippen molar-refractivity contribution in [3.05, 3.63) is 28.2 Å². The summed E-state index contributed by atoms with van der Waals surface area (Å²) in [6.07, 6.45) is 0.920. The number of ether oxygens (including phenoxy) is 1. The predicted molar refractivity (Wildman–Crippen MR) is 73.9 cm³/mol. The Morgan fingerprint density at radius 2 is 2.22 bits per heavy atom. The molecule has 0 radical (unpaired) electrons. The molecule has 1 aromatic rings. The van der Waals surface area contributed by atoms with Gasteiger partial charge < -0.3 is 9.84 Å². The number of rotatable bonds is 7. The first-order chi connectivity index (χ1) is 8.58. The fourth-order valence-corrected chi connectivity index (χ4v) is 2.44. The summed E-state index contributed by atoms with van der Waals surface area (Å²) in [5, 5.41) is 8.89. The van der Waals surface area contributed by atoms with Gasteiger partial charge >= 0.3 is 5.97 Å². The van der Waals surface area contributed by atoms with Crippen LogP contribution in [0.25, 0.3) is 0 Å². The summed E-state index contributed by atoms with van der Waals surface area (Å²) in [7, 11) is 1.62. The maximum absolute atomic E-state index is 10.8. The van der Waals surface area contributed by atoms with Crippen molar-refractivity contribution in [1.29, 1.82) is 0 Å². The van der Waals surface area contributed by atoms with Crippen molar-refractivity contribution in [1.82, 2.24) is 4.90 Å². The quantitative estimate of drug-likeness (QED) is 0.840. The van der Waals surface area contributed by atoms with E-state index in [1.54, 1.807) is 7.11 Å². The van der Waals surface area contributed by atoms with Gasteiger partial charge in [0.15, 0.2) is 0 Å². The number of carboxylic acids is 1. The van der Waals surface area contributed by atoms with Crippen LogP contribution in [0, 0.1) is 0 Å². The van der Waals surface area contributed by atoms with Gasteiger partial charge in [0, 0.05) is 12.1 Å². The van der Waals surface area contributed by atoms with Gasteiger partial charge in [-0.25, -0.2) is 0 Å². The van der Waals surface area contributed by atoms with Gasteiger partial charge in [-0.3, -0.25) is 9.69 Å². The molecule has 100 valence electrons. The van der Waals surface area contributed by atoms with Gasteiger partial charge in [-0.05, 0) is 35.0 Å². The van der Waals surface area contributed by atoms with Crippen LogP contribution in [0.5, 0.6) is 5.75 Å². The summed E-state index contributed by atoms with van der Waals surface area (Å²) in [5.74, 6) is -0.0404. The highest BCUT2D eigenvalue weighted by molar-refractivity contribution is 9.10. The molecule has 0 unspecified atom stereocenters. The van der Waals surface area contributed by atoms with Gasteiger partial charge in [0.2, 0.25) is 0 Å². The average Bonchev–Trinajstić information content (AvgIpc) is 2.28. The number of carbonyl (C=O) groups is 1. The molecule has 1 aromatic carbocycles. The Bertz CT molecular complexity index is 409. The first-order valence-corrected chi connectivity index (χ1v) is 6.63. The second-order valence-corrected chi connectivity index (χ2v) is 4.89. The lowest BCUT2D eigenvalue weighted by atomic mass is 10.2. The largest absolute Gasteiger partial charge is 0.495 e. The van der Waals surface area contributed by atoms with Gasteiger partial charge in [0.1, 0.15) is 5.75 Å². The third kappa shape index (κ3) is 4.31. The molecule has 1 rings (SSSR count). The first-order valence-electron chi connectivity index (χ1n) is 5.84. The number of methoxy groups -OCH3 is 1. The van der Waals surface area contributed by atoms with Gasteiger partial charge in [-0.1, -0.05) is 19.1 Å². The van der Waals surface area contributed by atoms with E-state index in [0.29, 0.717) is 6.54 Å². The number of para-hydroxylation sites is 1. The fraction of sp³-hybridized carbons (Fsp3) is 0.462. The SMILES string of the molecule is CCCN(CC(=O)O)Cc1cccc(Br)c1OC. The number of benzene rings is 1. The van der Waals surface area contributed by atoms with E-state index in [-0.39, 0.29) is 6.54 Å². The normalized spacial score (nSPS) is 10.7. The zero-order valence-electron chi connectivity index (χ0n) is 10.6. The maximum Gasteiger partial charge on any atom is 0.317 e. The molecular weight excluding hydrogens is 298 g/mol. The standard InChI is InChI=1S/C13H18BrNO3/c1-3-7-15(9-12(16)17)8-10-5-4-6-11(14)13(10)18-2/h4-6H,3,7-9H2,1-2H3,(H,16,17). The van der Waals surface area contributed by atoms with Gasteiger partial charge in [0.25, 0.3) is 0 Å². The maximum atomic E-state index is 10.8. The number of nitrogens with zero attached hydrogens (tertiary/aromatic N) is 1. The van der Waals surface area contributed by atoms with Crippen LogP contribution in [0.3, 0.4) is 0 Å². The highest BCUT2D eigenvalue weighted by Crippen LogP contribution is 2.29. The molecule has 0 aliphatic heterocycles. The number of carboxylic acid groups (broad SMARTS) is 1. The van der Waals surface area contributed by atoms with E-state index in [2.05, 4.69) is 15.9 Å². The average molecular weight is 316 g/mol. The Labute approximate surface area is 116 Å². The van der Waals surface area contributed by atoms with Crippen molar-refractivity contribution >= 4 is 21.9 Å².